The van der Waals surface area contributed by atoms with Gasteiger partial charge in [0.25, 0.3) is 0 Å². The van der Waals surface area contributed by atoms with Crippen molar-refractivity contribution in [2.45, 2.75) is 32.1 Å². The van der Waals surface area contributed by atoms with Crippen LogP contribution in [0.1, 0.15) is 31.2 Å². The first-order valence-corrected chi connectivity index (χ1v) is 6.37. The van der Waals surface area contributed by atoms with Crippen LogP contribution >= 0.6 is 0 Å². The lowest BCUT2D eigenvalue weighted by molar-refractivity contribution is -0.117. The van der Waals surface area contributed by atoms with Gasteiger partial charge in [0.2, 0.25) is 5.91 Å². The molecule has 0 saturated heterocycles. The minimum Gasteiger partial charge on any atom is -0.330 e. The zero-order valence-electron chi connectivity index (χ0n) is 10.1. The summed E-state index contributed by atoms with van der Waals surface area (Å²) in [5, 5.41) is 2.94. The van der Waals surface area contributed by atoms with Gasteiger partial charge in [0.05, 0.1) is 0 Å². The average molecular weight is 232 g/mol. The van der Waals surface area contributed by atoms with Crippen LogP contribution in [0, 0.1) is 5.92 Å². The summed E-state index contributed by atoms with van der Waals surface area (Å²) in [4.78, 5) is 11.7. The molecule has 1 fully saturated rings. The van der Waals surface area contributed by atoms with E-state index in [0.717, 1.165) is 12.1 Å². The van der Waals surface area contributed by atoms with Gasteiger partial charge in [-0.1, -0.05) is 18.6 Å². The largest absolute Gasteiger partial charge is 0.330 e. The lowest BCUT2D eigenvalue weighted by atomic mass is 9.83. The summed E-state index contributed by atoms with van der Waals surface area (Å²) in [6, 6.07) is 7.94. The van der Waals surface area contributed by atoms with Crippen molar-refractivity contribution in [3.63, 3.8) is 0 Å². The van der Waals surface area contributed by atoms with E-state index >= 15 is 0 Å². The van der Waals surface area contributed by atoms with Crippen molar-refractivity contribution in [3.8, 4) is 0 Å². The molecule has 1 saturated carbocycles. The molecule has 0 atom stereocenters. The molecule has 3 heteroatoms. The molecule has 1 aromatic carbocycles. The molecule has 2 rings (SSSR count). The predicted octanol–water partition coefficient (Wildman–Crippen LogP) is 2.32. The van der Waals surface area contributed by atoms with Crippen LogP contribution in [-0.2, 0) is 11.2 Å². The molecule has 0 radical (unpaired) electrons. The maximum absolute atomic E-state index is 11.7. The van der Waals surface area contributed by atoms with Gasteiger partial charge in [-0.3, -0.25) is 4.79 Å². The summed E-state index contributed by atoms with van der Waals surface area (Å²) >= 11 is 0. The fraction of sp³-hybridized carbons (Fsp3) is 0.500. The Kier molecular flexibility index (Phi) is 4.15. The predicted molar refractivity (Wildman–Crippen MR) is 69.8 cm³/mol. The van der Waals surface area contributed by atoms with Crippen LogP contribution in [0.3, 0.4) is 0 Å². The van der Waals surface area contributed by atoms with E-state index in [2.05, 4.69) is 5.32 Å². The third kappa shape index (κ3) is 3.56. The number of nitrogens with two attached hydrogens (primary N) is 1. The molecule has 0 bridgehead atoms. The third-order valence-electron chi connectivity index (χ3n) is 3.37. The van der Waals surface area contributed by atoms with E-state index in [9.17, 15) is 4.79 Å². The highest BCUT2D eigenvalue weighted by molar-refractivity contribution is 5.90. The van der Waals surface area contributed by atoms with E-state index < -0.39 is 0 Å². The lowest BCUT2D eigenvalue weighted by Crippen LogP contribution is -2.20. The molecular weight excluding hydrogens is 212 g/mol. The Bertz CT molecular complexity index is 368. The SMILES string of the molecule is NCCc1ccc(NC(=O)CC2CCC2)cc1. The lowest BCUT2D eigenvalue weighted by Gasteiger charge is -2.24. The second-order valence-electron chi connectivity index (χ2n) is 4.78. The van der Waals surface area contributed by atoms with Crippen molar-refractivity contribution < 1.29 is 4.79 Å². The van der Waals surface area contributed by atoms with E-state index in [1.807, 2.05) is 24.3 Å². The molecule has 1 aliphatic rings. The van der Waals surface area contributed by atoms with Crippen LogP contribution in [0.5, 0.6) is 0 Å². The van der Waals surface area contributed by atoms with Crippen LogP contribution in [0.4, 0.5) is 5.69 Å². The molecule has 1 amide bonds. The number of carbonyl (C=O) groups excluding carboxylic acids is 1. The quantitative estimate of drug-likeness (QED) is 0.818. The number of anilines is 1. The maximum Gasteiger partial charge on any atom is 0.224 e. The maximum atomic E-state index is 11.7. The van der Waals surface area contributed by atoms with Gasteiger partial charge < -0.3 is 11.1 Å². The Morgan fingerprint density at radius 3 is 2.53 bits per heavy atom. The Morgan fingerprint density at radius 2 is 2.00 bits per heavy atom. The Labute approximate surface area is 102 Å². The van der Waals surface area contributed by atoms with Gasteiger partial charge in [0.1, 0.15) is 0 Å². The Hall–Kier alpha value is -1.35. The third-order valence-corrected chi connectivity index (χ3v) is 3.37. The molecule has 92 valence electrons. The summed E-state index contributed by atoms with van der Waals surface area (Å²) in [5.41, 5.74) is 7.58. The number of amides is 1. The van der Waals surface area contributed by atoms with E-state index in [0.29, 0.717) is 18.9 Å². The zero-order valence-corrected chi connectivity index (χ0v) is 10.1. The number of rotatable bonds is 5. The van der Waals surface area contributed by atoms with Crippen molar-refractivity contribution in [1.29, 1.82) is 0 Å². The molecule has 3 N–H and O–H groups in total. The number of nitrogens with one attached hydrogen (secondary N) is 1. The van der Waals surface area contributed by atoms with Gasteiger partial charge in [-0.05, 0) is 49.4 Å². The normalized spacial score (nSPS) is 15.4. The van der Waals surface area contributed by atoms with Gasteiger partial charge in [-0.25, -0.2) is 0 Å². The van der Waals surface area contributed by atoms with Gasteiger partial charge in [0.15, 0.2) is 0 Å². The fourth-order valence-electron chi connectivity index (χ4n) is 2.09. The molecule has 0 unspecified atom stereocenters. The molecule has 0 aromatic heterocycles. The number of benzene rings is 1. The van der Waals surface area contributed by atoms with Crippen molar-refractivity contribution in [2.24, 2.45) is 11.7 Å². The summed E-state index contributed by atoms with van der Waals surface area (Å²) in [6.07, 6.45) is 5.26. The van der Waals surface area contributed by atoms with Crippen LogP contribution in [0.15, 0.2) is 24.3 Å². The molecule has 0 aliphatic heterocycles. The minimum absolute atomic E-state index is 0.140. The summed E-state index contributed by atoms with van der Waals surface area (Å²) < 4.78 is 0. The topological polar surface area (TPSA) is 55.1 Å². The van der Waals surface area contributed by atoms with E-state index in [-0.39, 0.29) is 5.91 Å². The van der Waals surface area contributed by atoms with Crippen molar-refractivity contribution in [1.82, 2.24) is 0 Å². The van der Waals surface area contributed by atoms with Gasteiger partial charge >= 0.3 is 0 Å². The molecule has 17 heavy (non-hydrogen) atoms. The second-order valence-corrected chi connectivity index (χ2v) is 4.78. The van der Waals surface area contributed by atoms with Gasteiger partial charge in [0, 0.05) is 12.1 Å². The van der Waals surface area contributed by atoms with E-state index in [1.165, 1.54) is 24.8 Å². The van der Waals surface area contributed by atoms with Crippen LogP contribution in [-0.4, -0.2) is 12.5 Å². The first-order valence-electron chi connectivity index (χ1n) is 6.37. The Morgan fingerprint density at radius 1 is 1.29 bits per heavy atom. The van der Waals surface area contributed by atoms with E-state index in [1.54, 1.807) is 0 Å². The highest BCUT2D eigenvalue weighted by Gasteiger charge is 2.20. The highest BCUT2D eigenvalue weighted by atomic mass is 16.1. The molecule has 0 spiro atoms. The second kappa shape index (κ2) is 5.82. The van der Waals surface area contributed by atoms with Gasteiger partial charge in [-0.2, -0.15) is 0 Å². The molecule has 0 heterocycles. The number of hydrogen-bond donors (Lipinski definition) is 2. The van der Waals surface area contributed by atoms with Crippen molar-refractivity contribution in [2.75, 3.05) is 11.9 Å². The number of carbonyl (C=O) groups is 1. The van der Waals surface area contributed by atoms with Crippen LogP contribution in [0.25, 0.3) is 0 Å². The monoisotopic (exact) mass is 232 g/mol. The summed E-state index contributed by atoms with van der Waals surface area (Å²) in [6.45, 7) is 0.660. The van der Waals surface area contributed by atoms with E-state index in [4.69, 9.17) is 5.73 Å². The Balaban J connectivity index is 1.82. The smallest absolute Gasteiger partial charge is 0.224 e. The first kappa shape index (κ1) is 12.1. The highest BCUT2D eigenvalue weighted by Crippen LogP contribution is 2.29. The van der Waals surface area contributed by atoms with Crippen molar-refractivity contribution >= 4 is 11.6 Å². The average Bonchev–Trinajstić information content (AvgIpc) is 2.27. The molecule has 3 nitrogen and oxygen atoms in total. The number of hydrogen-bond acceptors (Lipinski definition) is 2. The molecule has 1 aromatic rings. The fourth-order valence-corrected chi connectivity index (χ4v) is 2.09. The minimum atomic E-state index is 0.140. The summed E-state index contributed by atoms with van der Waals surface area (Å²) in [7, 11) is 0. The standard InChI is InChI=1S/C14H20N2O/c15-9-8-11-4-6-13(7-5-11)16-14(17)10-12-2-1-3-12/h4-7,12H,1-3,8-10,15H2,(H,16,17). The van der Waals surface area contributed by atoms with Crippen molar-refractivity contribution in [3.05, 3.63) is 29.8 Å². The van der Waals surface area contributed by atoms with Gasteiger partial charge in [-0.15, -0.1) is 0 Å². The molecular formula is C14H20N2O. The van der Waals surface area contributed by atoms with Crippen LogP contribution in [0.2, 0.25) is 0 Å². The molecule has 1 aliphatic carbocycles. The summed E-state index contributed by atoms with van der Waals surface area (Å²) in [5.74, 6) is 0.757. The van der Waals surface area contributed by atoms with Crippen LogP contribution < -0.4 is 11.1 Å². The first-order chi connectivity index (χ1) is 8.28. The zero-order chi connectivity index (χ0) is 12.1.